The third-order valence-electron chi connectivity index (χ3n) is 2.95. The molecule has 0 spiro atoms. The summed E-state index contributed by atoms with van der Waals surface area (Å²) in [6.07, 6.45) is 0.0878. The summed E-state index contributed by atoms with van der Waals surface area (Å²) in [5.41, 5.74) is 0.607. The molecule has 104 valence electrons. The topological polar surface area (TPSA) is 29.5 Å². The number of ether oxygens (including phenoxy) is 1. The van der Waals surface area contributed by atoms with E-state index in [0.717, 1.165) is 9.80 Å². The Morgan fingerprint density at radius 1 is 1.53 bits per heavy atom. The van der Waals surface area contributed by atoms with E-state index in [1.807, 2.05) is 11.8 Å². The Bertz CT molecular complexity index is 484. The van der Waals surface area contributed by atoms with Crippen LogP contribution in [0.3, 0.4) is 0 Å². The minimum atomic E-state index is -0.00417. The van der Waals surface area contributed by atoms with Crippen LogP contribution in [-0.4, -0.2) is 41.4 Å². The third kappa shape index (κ3) is 3.72. The molecule has 1 fully saturated rings. The number of carbonyl (C=O) groups is 1. The number of hydrogen-bond donors (Lipinski definition) is 0. The fourth-order valence-electron chi connectivity index (χ4n) is 2.11. The van der Waals surface area contributed by atoms with Gasteiger partial charge in [-0.25, -0.2) is 0 Å². The highest BCUT2D eigenvalue weighted by Gasteiger charge is 2.28. The van der Waals surface area contributed by atoms with Crippen LogP contribution in [0.4, 0.5) is 0 Å². The van der Waals surface area contributed by atoms with E-state index in [2.05, 4.69) is 31.9 Å². The van der Waals surface area contributed by atoms with Gasteiger partial charge >= 0.3 is 0 Å². The van der Waals surface area contributed by atoms with E-state index in [9.17, 15) is 4.79 Å². The predicted molar refractivity (Wildman–Crippen MR) is 83.2 cm³/mol. The van der Waals surface area contributed by atoms with Crippen LogP contribution in [0.5, 0.6) is 0 Å². The predicted octanol–water partition coefficient (Wildman–Crippen LogP) is 3.73. The lowest BCUT2D eigenvalue weighted by Gasteiger charge is -2.36. The number of morpholine rings is 1. The standard InChI is InChI=1S/C13H14Br2ClNO2/c1-8-6-17(7-10(5-14)19-8)13(18)9-2-3-11(15)12(16)4-9/h2-4,8,10H,5-7H2,1H3. The van der Waals surface area contributed by atoms with Gasteiger partial charge in [-0.3, -0.25) is 4.79 Å². The molecule has 2 atom stereocenters. The van der Waals surface area contributed by atoms with Crippen LogP contribution in [-0.2, 0) is 4.74 Å². The molecule has 0 aromatic heterocycles. The monoisotopic (exact) mass is 409 g/mol. The number of alkyl halides is 1. The molecule has 1 heterocycles. The van der Waals surface area contributed by atoms with Gasteiger partial charge in [0, 0.05) is 28.5 Å². The van der Waals surface area contributed by atoms with Crippen molar-refractivity contribution in [3.63, 3.8) is 0 Å². The SMILES string of the molecule is CC1CN(C(=O)c2ccc(Br)c(Cl)c2)CC(CBr)O1. The number of halogens is 3. The molecule has 0 saturated carbocycles. The molecule has 1 amide bonds. The maximum absolute atomic E-state index is 12.5. The molecule has 0 radical (unpaired) electrons. The molecular weight excluding hydrogens is 397 g/mol. The lowest BCUT2D eigenvalue weighted by atomic mass is 10.1. The fraction of sp³-hybridized carbons (Fsp3) is 0.462. The van der Waals surface area contributed by atoms with Gasteiger partial charge in [0.1, 0.15) is 0 Å². The highest BCUT2D eigenvalue weighted by atomic mass is 79.9. The lowest BCUT2D eigenvalue weighted by molar-refractivity contribution is -0.0559. The molecule has 1 saturated heterocycles. The van der Waals surface area contributed by atoms with Gasteiger partial charge in [-0.05, 0) is 41.1 Å². The second-order valence-electron chi connectivity index (χ2n) is 4.56. The van der Waals surface area contributed by atoms with Gasteiger partial charge in [-0.1, -0.05) is 27.5 Å². The first-order chi connectivity index (χ1) is 9.01. The van der Waals surface area contributed by atoms with Crippen LogP contribution < -0.4 is 0 Å². The largest absolute Gasteiger partial charge is 0.371 e. The summed E-state index contributed by atoms with van der Waals surface area (Å²) in [6, 6.07) is 5.26. The molecule has 1 aliphatic rings. The molecule has 1 aliphatic heterocycles. The van der Waals surface area contributed by atoms with Crippen molar-refractivity contribution in [1.29, 1.82) is 0 Å². The quantitative estimate of drug-likeness (QED) is 0.694. The molecule has 19 heavy (non-hydrogen) atoms. The van der Waals surface area contributed by atoms with Crippen molar-refractivity contribution in [3.05, 3.63) is 33.3 Å². The van der Waals surface area contributed by atoms with E-state index in [1.54, 1.807) is 18.2 Å². The second kappa shape index (κ2) is 6.57. The first-order valence-corrected chi connectivity index (χ1v) is 8.26. The molecule has 0 bridgehead atoms. The smallest absolute Gasteiger partial charge is 0.254 e. The average molecular weight is 412 g/mol. The highest BCUT2D eigenvalue weighted by Crippen LogP contribution is 2.24. The molecule has 1 aromatic carbocycles. The van der Waals surface area contributed by atoms with E-state index in [4.69, 9.17) is 16.3 Å². The van der Waals surface area contributed by atoms with Crippen molar-refractivity contribution >= 4 is 49.4 Å². The maximum atomic E-state index is 12.5. The van der Waals surface area contributed by atoms with Gasteiger partial charge in [0.15, 0.2) is 0 Å². The first-order valence-electron chi connectivity index (χ1n) is 5.97. The average Bonchev–Trinajstić information content (AvgIpc) is 2.40. The molecular formula is C13H14Br2ClNO2. The Balaban J connectivity index is 2.16. The van der Waals surface area contributed by atoms with E-state index < -0.39 is 0 Å². The Morgan fingerprint density at radius 2 is 2.26 bits per heavy atom. The Labute approximate surface area is 134 Å². The van der Waals surface area contributed by atoms with Gasteiger partial charge in [0.2, 0.25) is 0 Å². The van der Waals surface area contributed by atoms with Crippen LogP contribution >= 0.6 is 43.5 Å². The van der Waals surface area contributed by atoms with E-state index >= 15 is 0 Å². The van der Waals surface area contributed by atoms with Crippen molar-refractivity contribution in [2.75, 3.05) is 18.4 Å². The summed E-state index contributed by atoms with van der Waals surface area (Å²) >= 11 is 12.8. The van der Waals surface area contributed by atoms with Gasteiger partial charge in [-0.15, -0.1) is 0 Å². The Morgan fingerprint density at radius 3 is 2.89 bits per heavy atom. The molecule has 3 nitrogen and oxygen atoms in total. The lowest BCUT2D eigenvalue weighted by Crippen LogP contribution is -2.49. The van der Waals surface area contributed by atoms with Crippen LogP contribution in [0, 0.1) is 0 Å². The fourth-order valence-corrected chi connectivity index (χ4v) is 2.89. The van der Waals surface area contributed by atoms with E-state index in [0.29, 0.717) is 23.7 Å². The summed E-state index contributed by atoms with van der Waals surface area (Å²) in [4.78, 5) is 14.3. The minimum Gasteiger partial charge on any atom is -0.371 e. The highest BCUT2D eigenvalue weighted by molar-refractivity contribution is 9.10. The molecule has 0 N–H and O–H groups in total. The number of nitrogens with zero attached hydrogens (tertiary/aromatic N) is 1. The van der Waals surface area contributed by atoms with E-state index in [-0.39, 0.29) is 18.1 Å². The summed E-state index contributed by atoms with van der Waals surface area (Å²) < 4.78 is 6.51. The Kier molecular flexibility index (Phi) is 5.29. The van der Waals surface area contributed by atoms with Crippen molar-refractivity contribution in [2.45, 2.75) is 19.1 Å². The van der Waals surface area contributed by atoms with Crippen LogP contribution in [0.1, 0.15) is 17.3 Å². The van der Waals surface area contributed by atoms with Crippen LogP contribution in [0.15, 0.2) is 22.7 Å². The number of carbonyl (C=O) groups excluding carboxylic acids is 1. The minimum absolute atomic E-state index is 0.00417. The second-order valence-corrected chi connectivity index (χ2v) is 6.47. The van der Waals surface area contributed by atoms with Crippen molar-refractivity contribution < 1.29 is 9.53 Å². The normalized spacial score (nSPS) is 23.5. The van der Waals surface area contributed by atoms with Crippen molar-refractivity contribution in [3.8, 4) is 0 Å². The molecule has 6 heteroatoms. The molecule has 1 aromatic rings. The Hall–Kier alpha value is -0.100. The summed E-state index contributed by atoms with van der Waals surface area (Å²) in [5.74, 6) is -0.00417. The maximum Gasteiger partial charge on any atom is 0.254 e. The first kappa shape index (κ1) is 15.3. The van der Waals surface area contributed by atoms with Crippen LogP contribution in [0.25, 0.3) is 0 Å². The van der Waals surface area contributed by atoms with Crippen molar-refractivity contribution in [1.82, 2.24) is 4.90 Å². The number of hydrogen-bond acceptors (Lipinski definition) is 2. The van der Waals surface area contributed by atoms with Crippen molar-refractivity contribution in [2.24, 2.45) is 0 Å². The van der Waals surface area contributed by atoms with E-state index in [1.165, 1.54) is 0 Å². The zero-order valence-corrected chi connectivity index (χ0v) is 14.3. The van der Waals surface area contributed by atoms with Gasteiger partial charge in [-0.2, -0.15) is 0 Å². The molecule has 0 aliphatic carbocycles. The number of amides is 1. The third-order valence-corrected chi connectivity index (χ3v) is 4.91. The number of rotatable bonds is 2. The summed E-state index contributed by atoms with van der Waals surface area (Å²) in [5, 5.41) is 1.27. The molecule has 2 unspecified atom stereocenters. The summed E-state index contributed by atoms with van der Waals surface area (Å²) in [7, 11) is 0. The van der Waals surface area contributed by atoms with Gasteiger partial charge in [0.05, 0.1) is 17.2 Å². The van der Waals surface area contributed by atoms with Gasteiger partial charge < -0.3 is 9.64 Å². The van der Waals surface area contributed by atoms with Gasteiger partial charge in [0.25, 0.3) is 5.91 Å². The van der Waals surface area contributed by atoms with Crippen LogP contribution in [0.2, 0.25) is 5.02 Å². The zero-order chi connectivity index (χ0) is 14.0. The zero-order valence-electron chi connectivity index (χ0n) is 10.4. The number of benzene rings is 1. The molecule has 2 rings (SSSR count). The summed E-state index contributed by atoms with van der Waals surface area (Å²) in [6.45, 7) is 3.18.